The Hall–Kier alpha value is -0.830. The molecule has 0 atom stereocenters. The van der Waals surface area contributed by atoms with Gasteiger partial charge in [0.25, 0.3) is 5.82 Å². The minimum atomic E-state index is 0.818. The minimum absolute atomic E-state index is 0.818. The highest BCUT2D eigenvalue weighted by Gasteiger charge is 2.06. The van der Waals surface area contributed by atoms with Crippen LogP contribution in [0.2, 0.25) is 0 Å². The summed E-state index contributed by atoms with van der Waals surface area (Å²) in [6, 6.07) is 0. The lowest BCUT2D eigenvalue weighted by atomic mass is 10.4. The average Bonchev–Trinajstić information content (AvgIpc) is 2.60. The second-order valence-electron chi connectivity index (χ2n) is 3.00. The van der Waals surface area contributed by atoms with Gasteiger partial charge in [0.15, 0.2) is 0 Å². The lowest BCUT2D eigenvalue weighted by Crippen LogP contribution is -2.36. The molecule has 0 bridgehead atoms. The Bertz CT molecular complexity index is 233. The maximum absolute atomic E-state index is 5.28. The van der Waals surface area contributed by atoms with E-state index < -0.39 is 0 Å². The Morgan fingerprint density at radius 1 is 1.46 bits per heavy atom. The van der Waals surface area contributed by atoms with Crippen molar-refractivity contribution in [1.82, 2.24) is 4.98 Å². The largest absolute Gasteiger partial charge is 0.382 e. The molecular weight excluding hydrogens is 164 g/mol. The van der Waals surface area contributed by atoms with Crippen LogP contribution in [-0.2, 0) is 17.7 Å². The third kappa shape index (κ3) is 3.19. The molecule has 1 N–H and O–H groups in total. The Labute approximate surface area is 79.7 Å². The first-order valence-corrected chi connectivity index (χ1v) is 5.02. The first-order chi connectivity index (χ1) is 6.38. The molecule has 0 aliphatic heterocycles. The smallest absolute Gasteiger partial charge is 0.253 e. The van der Waals surface area contributed by atoms with Crippen molar-refractivity contribution in [3.63, 3.8) is 0 Å². The molecule has 0 saturated heterocycles. The van der Waals surface area contributed by atoms with Crippen LogP contribution in [0.4, 0.5) is 0 Å². The molecule has 3 heteroatoms. The maximum atomic E-state index is 5.28. The number of hydrogen-bond acceptors (Lipinski definition) is 1. The van der Waals surface area contributed by atoms with Gasteiger partial charge < -0.3 is 4.74 Å². The summed E-state index contributed by atoms with van der Waals surface area (Å²) in [5, 5.41) is 0. The summed E-state index contributed by atoms with van der Waals surface area (Å²) >= 11 is 0. The molecule has 1 rings (SSSR count). The van der Waals surface area contributed by atoms with Gasteiger partial charge in [-0.1, -0.05) is 6.92 Å². The fraction of sp³-hybridized carbons (Fsp3) is 0.700. The van der Waals surface area contributed by atoms with Crippen molar-refractivity contribution in [3.8, 4) is 0 Å². The average molecular weight is 183 g/mol. The molecule has 0 unspecified atom stereocenters. The predicted molar refractivity (Wildman–Crippen MR) is 51.5 cm³/mol. The van der Waals surface area contributed by atoms with Crippen LogP contribution in [0.3, 0.4) is 0 Å². The number of aryl methyl sites for hydroxylation is 2. The molecule has 0 fully saturated rings. The second-order valence-corrected chi connectivity index (χ2v) is 3.00. The van der Waals surface area contributed by atoms with E-state index in [0.717, 1.165) is 32.6 Å². The number of H-pyrrole nitrogens is 1. The highest BCUT2D eigenvalue weighted by Crippen LogP contribution is 1.89. The van der Waals surface area contributed by atoms with E-state index >= 15 is 0 Å². The van der Waals surface area contributed by atoms with Crippen LogP contribution >= 0.6 is 0 Å². The third-order valence-electron chi connectivity index (χ3n) is 2.08. The van der Waals surface area contributed by atoms with Gasteiger partial charge >= 0.3 is 0 Å². The molecule has 3 nitrogen and oxygen atoms in total. The van der Waals surface area contributed by atoms with Crippen LogP contribution in [0.15, 0.2) is 12.4 Å². The van der Waals surface area contributed by atoms with Gasteiger partial charge in [-0.05, 0) is 6.92 Å². The van der Waals surface area contributed by atoms with Gasteiger partial charge in [-0.25, -0.2) is 9.55 Å². The summed E-state index contributed by atoms with van der Waals surface area (Å²) in [5.41, 5.74) is 0. The lowest BCUT2D eigenvalue weighted by molar-refractivity contribution is -0.703. The van der Waals surface area contributed by atoms with Gasteiger partial charge in [0.1, 0.15) is 12.4 Å². The second kappa shape index (κ2) is 5.75. The number of aromatic amines is 1. The summed E-state index contributed by atoms with van der Waals surface area (Å²) in [7, 11) is 0. The van der Waals surface area contributed by atoms with E-state index in [4.69, 9.17) is 4.74 Å². The van der Waals surface area contributed by atoms with Gasteiger partial charge in [0, 0.05) is 19.4 Å². The van der Waals surface area contributed by atoms with Crippen molar-refractivity contribution in [2.24, 2.45) is 0 Å². The topological polar surface area (TPSA) is 28.9 Å². The molecule has 0 aliphatic rings. The summed E-state index contributed by atoms with van der Waals surface area (Å²) in [6.45, 7) is 6.91. The van der Waals surface area contributed by atoms with Crippen LogP contribution in [0.5, 0.6) is 0 Å². The fourth-order valence-corrected chi connectivity index (χ4v) is 1.39. The van der Waals surface area contributed by atoms with E-state index in [2.05, 4.69) is 22.7 Å². The monoisotopic (exact) mass is 183 g/mol. The zero-order valence-electron chi connectivity index (χ0n) is 8.55. The summed E-state index contributed by atoms with van der Waals surface area (Å²) in [5.74, 6) is 1.29. The lowest BCUT2D eigenvalue weighted by Gasteiger charge is -2.00. The van der Waals surface area contributed by atoms with E-state index in [1.54, 1.807) is 0 Å². The van der Waals surface area contributed by atoms with E-state index in [0.29, 0.717) is 0 Å². The van der Waals surface area contributed by atoms with Crippen LogP contribution in [0.1, 0.15) is 26.1 Å². The minimum Gasteiger partial charge on any atom is -0.382 e. The summed E-state index contributed by atoms with van der Waals surface area (Å²) in [6.07, 6.45) is 6.22. The quantitative estimate of drug-likeness (QED) is 0.522. The molecule has 1 aromatic rings. The van der Waals surface area contributed by atoms with Crippen LogP contribution in [-0.4, -0.2) is 18.2 Å². The SMILES string of the molecule is CCOCCC[n+]1cc[nH]c1CC. The normalized spacial score (nSPS) is 10.6. The molecular formula is C10H19N2O+. The first-order valence-electron chi connectivity index (χ1n) is 5.02. The Morgan fingerprint density at radius 2 is 2.31 bits per heavy atom. The Balaban J connectivity index is 2.27. The molecule has 13 heavy (non-hydrogen) atoms. The van der Waals surface area contributed by atoms with Gasteiger partial charge in [-0.2, -0.15) is 0 Å². The molecule has 0 saturated carbocycles. The summed E-state index contributed by atoms with van der Waals surface area (Å²) in [4.78, 5) is 3.22. The standard InChI is InChI=1S/C10H18N2O/c1-3-10-11-6-8-12(10)7-5-9-13-4-2/h6,8H,3-5,7,9H2,1-2H3/p+1. The van der Waals surface area contributed by atoms with Crippen molar-refractivity contribution in [3.05, 3.63) is 18.2 Å². The molecule has 74 valence electrons. The molecule has 0 spiro atoms. The molecule has 0 aliphatic carbocycles. The van der Waals surface area contributed by atoms with Crippen LogP contribution in [0, 0.1) is 0 Å². The zero-order valence-corrected chi connectivity index (χ0v) is 8.55. The number of aromatic nitrogens is 2. The Morgan fingerprint density at radius 3 is 3.00 bits per heavy atom. The van der Waals surface area contributed by atoms with Gasteiger partial charge in [0.2, 0.25) is 0 Å². The van der Waals surface area contributed by atoms with Crippen LogP contribution in [0.25, 0.3) is 0 Å². The predicted octanol–water partition coefficient (Wildman–Crippen LogP) is 1.29. The number of hydrogen-bond donors (Lipinski definition) is 1. The first kappa shape index (κ1) is 10.3. The molecule has 0 aromatic carbocycles. The van der Waals surface area contributed by atoms with Crippen molar-refractivity contribution in [2.45, 2.75) is 33.2 Å². The number of rotatable bonds is 6. The van der Waals surface area contributed by atoms with Crippen molar-refractivity contribution >= 4 is 0 Å². The number of nitrogens with zero attached hydrogens (tertiary/aromatic N) is 1. The molecule has 0 amide bonds. The summed E-state index contributed by atoms with van der Waals surface area (Å²) < 4.78 is 7.53. The molecule has 0 radical (unpaired) electrons. The fourth-order valence-electron chi connectivity index (χ4n) is 1.39. The van der Waals surface area contributed by atoms with E-state index in [1.165, 1.54) is 5.82 Å². The van der Waals surface area contributed by atoms with Gasteiger partial charge in [0.05, 0.1) is 13.2 Å². The van der Waals surface area contributed by atoms with Crippen molar-refractivity contribution in [1.29, 1.82) is 0 Å². The highest BCUT2D eigenvalue weighted by molar-refractivity contribution is 4.75. The number of imidazole rings is 1. The molecule has 1 aromatic heterocycles. The van der Waals surface area contributed by atoms with E-state index in [-0.39, 0.29) is 0 Å². The van der Waals surface area contributed by atoms with Crippen molar-refractivity contribution in [2.75, 3.05) is 13.2 Å². The number of nitrogens with one attached hydrogen (secondary N) is 1. The van der Waals surface area contributed by atoms with E-state index in [1.807, 2.05) is 13.1 Å². The van der Waals surface area contributed by atoms with Crippen molar-refractivity contribution < 1.29 is 9.30 Å². The van der Waals surface area contributed by atoms with E-state index in [9.17, 15) is 0 Å². The number of ether oxygens (including phenoxy) is 1. The van der Waals surface area contributed by atoms with Crippen LogP contribution < -0.4 is 4.57 Å². The maximum Gasteiger partial charge on any atom is 0.253 e. The van der Waals surface area contributed by atoms with Gasteiger partial charge in [-0.15, -0.1) is 0 Å². The third-order valence-corrected chi connectivity index (χ3v) is 2.08. The van der Waals surface area contributed by atoms with Gasteiger partial charge in [-0.3, -0.25) is 0 Å². The highest BCUT2D eigenvalue weighted by atomic mass is 16.5. The zero-order chi connectivity index (χ0) is 9.52. The molecule has 1 heterocycles. The Kier molecular flexibility index (Phi) is 4.54.